The van der Waals surface area contributed by atoms with Gasteiger partial charge in [-0.2, -0.15) is 0 Å². The highest BCUT2D eigenvalue weighted by molar-refractivity contribution is 5.87. The predicted octanol–water partition coefficient (Wildman–Crippen LogP) is 2.05. The molecule has 1 aliphatic heterocycles. The van der Waals surface area contributed by atoms with Crippen molar-refractivity contribution in [3.8, 4) is 0 Å². The molecule has 0 saturated carbocycles. The summed E-state index contributed by atoms with van der Waals surface area (Å²) in [5, 5.41) is 2.68. The Bertz CT molecular complexity index is 592. The summed E-state index contributed by atoms with van der Waals surface area (Å²) in [5.74, 6) is -0.218. The summed E-state index contributed by atoms with van der Waals surface area (Å²) >= 11 is 0. The Labute approximate surface area is 156 Å². The number of nitrogens with two attached hydrogens (primary N) is 1. The number of carbonyl (C=O) groups is 2. The quantitative estimate of drug-likeness (QED) is 0.808. The third-order valence-electron chi connectivity index (χ3n) is 4.85. The van der Waals surface area contributed by atoms with Gasteiger partial charge in [0.1, 0.15) is 0 Å². The van der Waals surface area contributed by atoms with Crippen molar-refractivity contribution in [3.63, 3.8) is 0 Å². The first-order chi connectivity index (χ1) is 11.4. The normalized spacial score (nSPS) is 18.0. The van der Waals surface area contributed by atoms with E-state index in [1.807, 2.05) is 30.9 Å². The van der Waals surface area contributed by atoms with Crippen LogP contribution in [0.3, 0.4) is 0 Å². The first-order valence-electron chi connectivity index (χ1n) is 8.77. The van der Waals surface area contributed by atoms with Crippen molar-refractivity contribution in [3.05, 3.63) is 35.4 Å². The second kappa shape index (κ2) is 9.78. The van der Waals surface area contributed by atoms with Crippen LogP contribution in [0.4, 0.5) is 0 Å². The second-order valence-corrected chi connectivity index (χ2v) is 7.00. The lowest BCUT2D eigenvalue weighted by Gasteiger charge is -2.26. The Kier molecular flexibility index (Phi) is 8.39. The van der Waals surface area contributed by atoms with Crippen molar-refractivity contribution in [2.24, 2.45) is 11.7 Å². The number of amides is 2. The maximum atomic E-state index is 12.5. The smallest absolute Gasteiger partial charge is 0.242 e. The fourth-order valence-electron chi connectivity index (χ4n) is 3.15. The number of hydrogen-bond acceptors (Lipinski definition) is 3. The van der Waals surface area contributed by atoms with E-state index in [4.69, 9.17) is 5.73 Å². The maximum Gasteiger partial charge on any atom is 0.242 e. The van der Waals surface area contributed by atoms with Gasteiger partial charge in [-0.1, -0.05) is 38.1 Å². The Morgan fingerprint density at radius 1 is 1.32 bits per heavy atom. The standard InChI is InChI=1S/C19H29N3O2.ClH/c1-13(2)18(20)19(24)21-12-17(23)22-10-6-9-16(22)11-15-8-5-4-7-14(15)3;/h4-5,7-8,13,16,18H,6,9-12,20H2,1-3H3,(H,21,24);1H/t16?,18-;/m0./s1. The minimum atomic E-state index is -0.570. The number of nitrogens with zero attached hydrogens (tertiary/aromatic N) is 1. The van der Waals surface area contributed by atoms with E-state index in [0.717, 1.165) is 25.8 Å². The molecule has 25 heavy (non-hydrogen) atoms. The van der Waals surface area contributed by atoms with E-state index in [9.17, 15) is 9.59 Å². The van der Waals surface area contributed by atoms with Crippen molar-refractivity contribution < 1.29 is 9.59 Å². The molecule has 1 unspecified atom stereocenters. The molecule has 6 heteroatoms. The van der Waals surface area contributed by atoms with Crippen LogP contribution in [0.1, 0.15) is 37.8 Å². The van der Waals surface area contributed by atoms with Gasteiger partial charge in [0.05, 0.1) is 12.6 Å². The molecule has 2 rings (SSSR count). The van der Waals surface area contributed by atoms with Gasteiger partial charge in [-0.25, -0.2) is 0 Å². The highest BCUT2D eigenvalue weighted by Crippen LogP contribution is 2.22. The summed E-state index contributed by atoms with van der Waals surface area (Å²) in [6, 6.07) is 7.94. The lowest BCUT2D eigenvalue weighted by molar-refractivity contribution is -0.134. The summed E-state index contributed by atoms with van der Waals surface area (Å²) in [4.78, 5) is 26.3. The van der Waals surface area contributed by atoms with Crippen molar-refractivity contribution in [2.45, 2.75) is 52.1 Å². The van der Waals surface area contributed by atoms with Gasteiger partial charge in [-0.3, -0.25) is 9.59 Å². The van der Waals surface area contributed by atoms with E-state index in [0.29, 0.717) is 0 Å². The highest BCUT2D eigenvalue weighted by Gasteiger charge is 2.29. The Balaban J connectivity index is 0.00000312. The topological polar surface area (TPSA) is 75.4 Å². The average Bonchev–Trinajstić information content (AvgIpc) is 3.01. The van der Waals surface area contributed by atoms with E-state index in [1.165, 1.54) is 11.1 Å². The zero-order valence-electron chi connectivity index (χ0n) is 15.3. The molecule has 1 heterocycles. The van der Waals surface area contributed by atoms with Gasteiger partial charge in [-0.15, -0.1) is 12.4 Å². The monoisotopic (exact) mass is 367 g/mol. The molecule has 140 valence electrons. The molecule has 0 aromatic heterocycles. The van der Waals surface area contributed by atoms with Crippen LogP contribution in [-0.4, -0.2) is 41.9 Å². The molecule has 2 amide bonds. The molecule has 1 aliphatic rings. The lowest BCUT2D eigenvalue weighted by atomic mass is 10.00. The SMILES string of the molecule is Cc1ccccc1CC1CCCN1C(=O)CNC(=O)[C@@H](N)C(C)C.Cl. The third-order valence-corrected chi connectivity index (χ3v) is 4.85. The molecule has 0 aliphatic carbocycles. The number of benzene rings is 1. The van der Waals surface area contributed by atoms with Crippen LogP contribution < -0.4 is 11.1 Å². The van der Waals surface area contributed by atoms with E-state index in [-0.39, 0.29) is 42.7 Å². The summed E-state index contributed by atoms with van der Waals surface area (Å²) in [6.07, 6.45) is 2.90. The first-order valence-corrected chi connectivity index (χ1v) is 8.77. The lowest BCUT2D eigenvalue weighted by Crippen LogP contribution is -2.48. The van der Waals surface area contributed by atoms with E-state index < -0.39 is 6.04 Å². The number of halogens is 1. The number of rotatable bonds is 6. The van der Waals surface area contributed by atoms with Gasteiger partial charge in [0, 0.05) is 12.6 Å². The van der Waals surface area contributed by atoms with E-state index in [1.54, 1.807) is 0 Å². The summed E-state index contributed by atoms with van der Waals surface area (Å²) in [5.41, 5.74) is 8.35. The molecule has 1 aromatic carbocycles. The van der Waals surface area contributed by atoms with Crippen molar-refractivity contribution in [1.29, 1.82) is 0 Å². The van der Waals surface area contributed by atoms with Crippen LogP contribution in [0.2, 0.25) is 0 Å². The fourth-order valence-corrected chi connectivity index (χ4v) is 3.15. The van der Waals surface area contributed by atoms with Gasteiger partial charge in [0.25, 0.3) is 0 Å². The van der Waals surface area contributed by atoms with Gasteiger partial charge in [0.2, 0.25) is 11.8 Å². The Morgan fingerprint density at radius 3 is 2.64 bits per heavy atom. The van der Waals surface area contributed by atoms with Gasteiger partial charge >= 0.3 is 0 Å². The minimum absolute atomic E-state index is 0. The van der Waals surface area contributed by atoms with E-state index >= 15 is 0 Å². The highest BCUT2D eigenvalue weighted by atomic mass is 35.5. The number of hydrogen-bond donors (Lipinski definition) is 2. The van der Waals surface area contributed by atoms with Crippen molar-refractivity contribution >= 4 is 24.2 Å². The first kappa shape index (κ1) is 21.5. The van der Waals surface area contributed by atoms with E-state index in [2.05, 4.69) is 24.4 Å². The zero-order valence-corrected chi connectivity index (χ0v) is 16.1. The number of carbonyl (C=O) groups excluding carboxylic acids is 2. The molecule has 5 nitrogen and oxygen atoms in total. The Hall–Kier alpha value is -1.59. The minimum Gasteiger partial charge on any atom is -0.346 e. The molecule has 0 spiro atoms. The van der Waals surface area contributed by atoms with Crippen LogP contribution in [0.25, 0.3) is 0 Å². The predicted molar refractivity (Wildman–Crippen MR) is 103 cm³/mol. The summed E-state index contributed by atoms with van der Waals surface area (Å²) in [6.45, 7) is 6.69. The number of likely N-dealkylation sites (tertiary alicyclic amines) is 1. The van der Waals surface area contributed by atoms with Crippen molar-refractivity contribution in [2.75, 3.05) is 13.1 Å². The average molecular weight is 368 g/mol. The number of aryl methyl sites for hydroxylation is 1. The second-order valence-electron chi connectivity index (χ2n) is 7.00. The van der Waals surface area contributed by atoms with Gasteiger partial charge < -0.3 is 16.0 Å². The zero-order chi connectivity index (χ0) is 17.7. The molecule has 1 aromatic rings. The summed E-state index contributed by atoms with van der Waals surface area (Å²) in [7, 11) is 0. The largest absolute Gasteiger partial charge is 0.346 e. The summed E-state index contributed by atoms with van der Waals surface area (Å²) < 4.78 is 0. The van der Waals surface area contributed by atoms with Gasteiger partial charge in [0.15, 0.2) is 0 Å². The molecular weight excluding hydrogens is 338 g/mol. The maximum absolute atomic E-state index is 12.5. The fraction of sp³-hybridized carbons (Fsp3) is 0.579. The van der Waals surface area contributed by atoms with Crippen LogP contribution >= 0.6 is 12.4 Å². The Morgan fingerprint density at radius 2 is 2.00 bits per heavy atom. The van der Waals surface area contributed by atoms with Crippen LogP contribution in [-0.2, 0) is 16.0 Å². The molecule has 3 N–H and O–H groups in total. The molecule has 0 radical (unpaired) electrons. The van der Waals surface area contributed by atoms with Crippen molar-refractivity contribution in [1.82, 2.24) is 10.2 Å². The molecule has 1 saturated heterocycles. The van der Waals surface area contributed by atoms with Crippen LogP contribution in [0.15, 0.2) is 24.3 Å². The molecule has 1 fully saturated rings. The molecular formula is C19H30ClN3O2. The molecule has 0 bridgehead atoms. The molecule has 2 atom stereocenters. The third kappa shape index (κ3) is 5.72. The van der Waals surface area contributed by atoms with Crippen LogP contribution in [0.5, 0.6) is 0 Å². The van der Waals surface area contributed by atoms with Crippen LogP contribution in [0, 0.1) is 12.8 Å². The number of nitrogens with one attached hydrogen (secondary N) is 1. The van der Waals surface area contributed by atoms with Gasteiger partial charge in [-0.05, 0) is 43.2 Å².